The molecule has 1 aliphatic heterocycles. The number of aromatic nitrogens is 4. The molecule has 0 radical (unpaired) electrons. The number of aryl methyl sites for hydroxylation is 2. The zero-order valence-corrected chi connectivity index (χ0v) is 15.8. The molecule has 0 bridgehead atoms. The second-order valence-electron chi connectivity index (χ2n) is 6.72. The minimum absolute atomic E-state index is 0.551. The topological polar surface area (TPSA) is 89.6 Å². The lowest BCUT2D eigenvalue weighted by atomic mass is 9.98. The lowest BCUT2D eigenvalue weighted by molar-refractivity contribution is 0.466. The van der Waals surface area contributed by atoms with Gasteiger partial charge >= 0.3 is 0 Å². The van der Waals surface area contributed by atoms with Gasteiger partial charge in [0.25, 0.3) is 0 Å². The molecule has 0 amide bonds. The van der Waals surface area contributed by atoms with E-state index in [0.717, 1.165) is 40.5 Å². The Hall–Kier alpha value is -2.38. The van der Waals surface area contributed by atoms with Crippen molar-refractivity contribution in [2.24, 2.45) is 5.73 Å². The highest BCUT2D eigenvalue weighted by atomic mass is 32.1. The lowest BCUT2D eigenvalue weighted by Gasteiger charge is -2.21. The molecule has 7 heteroatoms. The molecule has 1 saturated heterocycles. The third-order valence-corrected chi connectivity index (χ3v) is 5.83. The van der Waals surface area contributed by atoms with Crippen molar-refractivity contribution in [2.75, 3.05) is 13.1 Å². The van der Waals surface area contributed by atoms with E-state index in [0.29, 0.717) is 17.3 Å². The van der Waals surface area contributed by atoms with E-state index in [1.165, 1.54) is 17.7 Å². The van der Waals surface area contributed by atoms with Crippen LogP contribution in [0.1, 0.15) is 46.4 Å². The first-order valence-corrected chi connectivity index (χ1v) is 9.67. The van der Waals surface area contributed by atoms with Gasteiger partial charge in [-0.3, -0.25) is 15.0 Å². The fourth-order valence-electron chi connectivity index (χ4n) is 3.24. The van der Waals surface area contributed by atoms with E-state index in [1.54, 1.807) is 23.7 Å². The summed E-state index contributed by atoms with van der Waals surface area (Å²) in [6, 6.07) is 2.17. The summed E-state index contributed by atoms with van der Waals surface area (Å²) in [7, 11) is 0. The first-order chi connectivity index (χ1) is 12.6. The van der Waals surface area contributed by atoms with Crippen molar-refractivity contribution in [1.82, 2.24) is 25.3 Å². The van der Waals surface area contributed by atoms with E-state index in [4.69, 9.17) is 10.7 Å². The van der Waals surface area contributed by atoms with Crippen LogP contribution in [-0.4, -0.2) is 33.0 Å². The van der Waals surface area contributed by atoms with Crippen LogP contribution in [0.5, 0.6) is 0 Å². The Morgan fingerprint density at radius 3 is 2.92 bits per heavy atom. The van der Waals surface area contributed by atoms with E-state index in [9.17, 15) is 0 Å². The molecule has 3 N–H and O–H groups in total. The van der Waals surface area contributed by atoms with Gasteiger partial charge in [-0.1, -0.05) is 0 Å². The molecular formula is C19H22N6S. The first kappa shape index (κ1) is 17.1. The van der Waals surface area contributed by atoms with Crippen LogP contribution in [0.15, 0.2) is 18.5 Å². The van der Waals surface area contributed by atoms with E-state index >= 15 is 0 Å². The lowest BCUT2D eigenvalue weighted by Crippen LogP contribution is -2.27. The van der Waals surface area contributed by atoms with Crippen LogP contribution in [0.2, 0.25) is 0 Å². The average Bonchev–Trinajstić information content (AvgIpc) is 3.08. The number of nitrogens with zero attached hydrogens (tertiary/aromatic N) is 4. The van der Waals surface area contributed by atoms with E-state index in [2.05, 4.69) is 26.3 Å². The molecule has 1 fully saturated rings. The molecule has 0 saturated carbocycles. The Kier molecular flexibility index (Phi) is 4.65. The van der Waals surface area contributed by atoms with Gasteiger partial charge in [0.05, 0.1) is 29.0 Å². The third kappa shape index (κ3) is 3.45. The molecule has 0 aromatic carbocycles. The normalized spacial score (nSPS) is 18.4. The van der Waals surface area contributed by atoms with Crippen molar-refractivity contribution in [3.05, 3.63) is 46.1 Å². The minimum atomic E-state index is 0.551. The van der Waals surface area contributed by atoms with E-state index in [1.807, 2.05) is 19.9 Å². The molecule has 26 heavy (non-hydrogen) atoms. The van der Waals surface area contributed by atoms with Gasteiger partial charge in [-0.2, -0.15) is 0 Å². The second kappa shape index (κ2) is 7.09. The largest absolute Gasteiger partial charge is 0.397 e. The molecule has 0 aliphatic carbocycles. The van der Waals surface area contributed by atoms with Gasteiger partial charge in [0, 0.05) is 23.5 Å². The summed E-state index contributed by atoms with van der Waals surface area (Å²) in [5, 5.41) is 3.47. The van der Waals surface area contributed by atoms with Gasteiger partial charge in [0.15, 0.2) is 0 Å². The SMILES string of the molecule is Cc1cnc(/C=C(\N)c2cnc3cc([C@@H]4CCCNC4)sc3n2)c(C)n1. The minimum Gasteiger partial charge on any atom is -0.397 e. The predicted octanol–water partition coefficient (Wildman–Crippen LogP) is 3.02. The standard InChI is InChI=1S/C19H22N6S/c1-11-8-22-15(12(2)24-11)6-14(20)17-10-23-16-7-18(26-19(16)25-17)13-4-3-5-21-9-13/h6-8,10,13,21H,3-5,9,20H2,1-2H3/b14-6-/t13-/m1/s1. The van der Waals surface area contributed by atoms with Crippen LogP contribution < -0.4 is 11.1 Å². The Morgan fingerprint density at radius 2 is 2.15 bits per heavy atom. The monoisotopic (exact) mass is 366 g/mol. The number of thiophene rings is 1. The van der Waals surface area contributed by atoms with Crippen LogP contribution in [-0.2, 0) is 0 Å². The second-order valence-corrected chi connectivity index (χ2v) is 7.78. The van der Waals surface area contributed by atoms with Gasteiger partial charge in [-0.05, 0) is 45.4 Å². The van der Waals surface area contributed by atoms with Crippen molar-refractivity contribution in [3.63, 3.8) is 0 Å². The van der Waals surface area contributed by atoms with Crippen LogP contribution in [0.3, 0.4) is 0 Å². The quantitative estimate of drug-likeness (QED) is 0.741. The smallest absolute Gasteiger partial charge is 0.142 e. The summed E-state index contributed by atoms with van der Waals surface area (Å²) in [4.78, 5) is 20.4. The maximum absolute atomic E-state index is 6.26. The summed E-state index contributed by atoms with van der Waals surface area (Å²) < 4.78 is 0. The molecule has 4 rings (SSSR count). The van der Waals surface area contributed by atoms with Crippen LogP contribution in [0, 0.1) is 13.8 Å². The number of hydrogen-bond acceptors (Lipinski definition) is 7. The van der Waals surface area contributed by atoms with Gasteiger partial charge in [0.1, 0.15) is 16.0 Å². The summed E-state index contributed by atoms with van der Waals surface area (Å²) in [6.45, 7) is 6.00. The first-order valence-electron chi connectivity index (χ1n) is 8.85. The molecule has 1 atom stereocenters. The molecule has 0 unspecified atom stereocenters. The Labute approximate surface area is 156 Å². The highest BCUT2D eigenvalue weighted by Crippen LogP contribution is 2.32. The van der Waals surface area contributed by atoms with E-state index in [-0.39, 0.29) is 0 Å². The number of hydrogen-bond donors (Lipinski definition) is 2. The maximum atomic E-state index is 6.26. The van der Waals surface area contributed by atoms with Gasteiger partial charge in [-0.15, -0.1) is 11.3 Å². The number of rotatable bonds is 3. The number of piperidine rings is 1. The Bertz CT molecular complexity index is 971. The summed E-state index contributed by atoms with van der Waals surface area (Å²) >= 11 is 1.72. The molecule has 6 nitrogen and oxygen atoms in total. The molecule has 134 valence electrons. The predicted molar refractivity (Wildman–Crippen MR) is 106 cm³/mol. The van der Waals surface area contributed by atoms with E-state index < -0.39 is 0 Å². The van der Waals surface area contributed by atoms with Crippen LogP contribution >= 0.6 is 11.3 Å². The zero-order chi connectivity index (χ0) is 18.1. The van der Waals surface area contributed by atoms with Gasteiger partial charge in [0.2, 0.25) is 0 Å². The molecular weight excluding hydrogens is 344 g/mol. The Balaban J connectivity index is 1.64. The fourth-order valence-corrected chi connectivity index (χ4v) is 4.36. The molecule has 3 aromatic heterocycles. The van der Waals surface area contributed by atoms with Crippen molar-refractivity contribution >= 4 is 33.5 Å². The van der Waals surface area contributed by atoms with Crippen molar-refractivity contribution < 1.29 is 0 Å². The summed E-state index contributed by atoms with van der Waals surface area (Å²) in [5.74, 6) is 0.562. The molecule has 3 aromatic rings. The van der Waals surface area contributed by atoms with Crippen molar-refractivity contribution in [3.8, 4) is 0 Å². The molecule has 1 aliphatic rings. The number of fused-ring (bicyclic) bond motifs is 1. The number of nitrogens with one attached hydrogen (secondary N) is 1. The molecule has 0 spiro atoms. The number of nitrogens with two attached hydrogens (primary N) is 1. The third-order valence-electron chi connectivity index (χ3n) is 4.65. The summed E-state index contributed by atoms with van der Waals surface area (Å²) in [6.07, 6.45) is 7.74. The van der Waals surface area contributed by atoms with Crippen LogP contribution in [0.25, 0.3) is 22.1 Å². The average molecular weight is 366 g/mol. The highest BCUT2D eigenvalue weighted by Gasteiger charge is 2.18. The van der Waals surface area contributed by atoms with Crippen molar-refractivity contribution in [1.29, 1.82) is 0 Å². The highest BCUT2D eigenvalue weighted by molar-refractivity contribution is 7.18. The molecule has 4 heterocycles. The fraction of sp³-hybridized carbons (Fsp3) is 0.368. The Morgan fingerprint density at radius 1 is 1.27 bits per heavy atom. The summed E-state index contributed by atoms with van der Waals surface area (Å²) in [5.41, 5.74) is 10.9. The van der Waals surface area contributed by atoms with Crippen LogP contribution in [0.4, 0.5) is 0 Å². The maximum Gasteiger partial charge on any atom is 0.142 e. The van der Waals surface area contributed by atoms with Gasteiger partial charge < -0.3 is 11.1 Å². The van der Waals surface area contributed by atoms with Crippen molar-refractivity contribution in [2.45, 2.75) is 32.6 Å². The zero-order valence-electron chi connectivity index (χ0n) is 15.0. The van der Waals surface area contributed by atoms with Gasteiger partial charge in [-0.25, -0.2) is 4.98 Å².